The highest BCUT2D eigenvalue weighted by Gasteiger charge is 2.17. The van der Waals surface area contributed by atoms with E-state index in [4.69, 9.17) is 11.5 Å². The smallest absolute Gasteiger partial charge is 0.251 e. The van der Waals surface area contributed by atoms with Gasteiger partial charge in [-0.15, -0.1) is 29.7 Å². The highest BCUT2D eigenvalue weighted by molar-refractivity contribution is 7.99. The lowest BCUT2D eigenvalue weighted by Crippen LogP contribution is -2.14. The SMILES string of the molecule is C=CCSc1nc(N)c(-c2nc(-c3ccccc3)cs2)cc1C(N)=O. The number of rotatable bonds is 6. The number of thioether (sulfide) groups is 1. The first-order chi connectivity index (χ1) is 12.1. The number of thiazole rings is 1. The van der Waals surface area contributed by atoms with E-state index >= 15 is 0 Å². The maximum atomic E-state index is 11.8. The Morgan fingerprint density at radius 3 is 2.72 bits per heavy atom. The van der Waals surface area contributed by atoms with Crippen molar-refractivity contribution >= 4 is 34.8 Å². The van der Waals surface area contributed by atoms with Crippen LogP contribution >= 0.6 is 23.1 Å². The van der Waals surface area contributed by atoms with Crippen molar-refractivity contribution in [3.8, 4) is 21.8 Å². The number of benzene rings is 1. The molecule has 0 saturated heterocycles. The molecule has 0 fully saturated rings. The number of amides is 1. The van der Waals surface area contributed by atoms with E-state index in [1.807, 2.05) is 35.7 Å². The molecule has 25 heavy (non-hydrogen) atoms. The summed E-state index contributed by atoms with van der Waals surface area (Å²) < 4.78 is 0. The van der Waals surface area contributed by atoms with Gasteiger partial charge < -0.3 is 11.5 Å². The van der Waals surface area contributed by atoms with E-state index < -0.39 is 5.91 Å². The molecule has 0 aliphatic rings. The Morgan fingerprint density at radius 1 is 1.28 bits per heavy atom. The summed E-state index contributed by atoms with van der Waals surface area (Å²) in [5, 5.41) is 3.16. The fourth-order valence-corrected chi connectivity index (χ4v) is 3.85. The third-order valence-corrected chi connectivity index (χ3v) is 5.29. The number of anilines is 1. The Kier molecular flexibility index (Phi) is 5.16. The summed E-state index contributed by atoms with van der Waals surface area (Å²) in [6, 6.07) is 11.5. The lowest BCUT2D eigenvalue weighted by atomic mass is 10.1. The maximum Gasteiger partial charge on any atom is 0.251 e. The Hall–Kier alpha value is -2.64. The Balaban J connectivity index is 2.03. The molecule has 3 rings (SSSR count). The zero-order valence-electron chi connectivity index (χ0n) is 13.3. The van der Waals surface area contributed by atoms with Crippen LogP contribution in [-0.4, -0.2) is 21.6 Å². The number of nitrogens with two attached hydrogens (primary N) is 2. The van der Waals surface area contributed by atoms with Gasteiger partial charge in [-0.1, -0.05) is 36.4 Å². The van der Waals surface area contributed by atoms with E-state index in [9.17, 15) is 4.79 Å². The van der Waals surface area contributed by atoms with E-state index in [1.54, 1.807) is 12.1 Å². The van der Waals surface area contributed by atoms with Crippen molar-refractivity contribution in [2.24, 2.45) is 5.73 Å². The minimum atomic E-state index is -0.542. The average molecular weight is 368 g/mol. The van der Waals surface area contributed by atoms with Crippen LogP contribution in [-0.2, 0) is 0 Å². The monoisotopic (exact) mass is 368 g/mol. The summed E-state index contributed by atoms with van der Waals surface area (Å²) in [5.74, 6) is 0.396. The zero-order valence-corrected chi connectivity index (χ0v) is 14.9. The Labute approximate surface area is 153 Å². The van der Waals surface area contributed by atoms with Crippen molar-refractivity contribution in [1.82, 2.24) is 9.97 Å². The second-order valence-electron chi connectivity index (χ2n) is 5.14. The van der Waals surface area contributed by atoms with Crippen LogP contribution in [0.3, 0.4) is 0 Å². The van der Waals surface area contributed by atoms with Gasteiger partial charge in [-0.3, -0.25) is 4.79 Å². The van der Waals surface area contributed by atoms with Gasteiger partial charge in [0.1, 0.15) is 15.9 Å². The van der Waals surface area contributed by atoms with Crippen LogP contribution in [0.2, 0.25) is 0 Å². The molecule has 0 aliphatic heterocycles. The summed E-state index contributed by atoms with van der Waals surface area (Å²) in [6.07, 6.45) is 1.73. The van der Waals surface area contributed by atoms with Crippen LogP contribution in [0, 0.1) is 0 Å². The average Bonchev–Trinajstić information content (AvgIpc) is 3.10. The largest absolute Gasteiger partial charge is 0.383 e. The summed E-state index contributed by atoms with van der Waals surface area (Å²) in [5.41, 5.74) is 14.4. The Bertz CT molecular complexity index is 922. The molecule has 0 radical (unpaired) electrons. The molecule has 0 saturated carbocycles. The summed E-state index contributed by atoms with van der Waals surface area (Å²) >= 11 is 2.82. The van der Waals surface area contributed by atoms with Crippen molar-refractivity contribution in [2.45, 2.75) is 5.03 Å². The van der Waals surface area contributed by atoms with Gasteiger partial charge in [0, 0.05) is 16.7 Å². The molecule has 7 heteroatoms. The van der Waals surface area contributed by atoms with Crippen LogP contribution in [0.25, 0.3) is 21.8 Å². The van der Waals surface area contributed by atoms with Crippen molar-refractivity contribution in [2.75, 3.05) is 11.5 Å². The standard InChI is InChI=1S/C18H16N4OS2/c1-2-8-24-18-13(16(20)23)9-12(15(19)22-18)17-21-14(10-25-17)11-6-4-3-5-7-11/h2-7,9-10H,1,8H2,(H2,19,22)(H2,20,23). The minimum Gasteiger partial charge on any atom is -0.383 e. The number of aromatic nitrogens is 2. The third-order valence-electron chi connectivity index (χ3n) is 3.42. The van der Waals surface area contributed by atoms with E-state index in [1.165, 1.54) is 23.1 Å². The van der Waals surface area contributed by atoms with Crippen molar-refractivity contribution in [3.05, 3.63) is 60.0 Å². The molecule has 126 valence electrons. The number of carbonyl (C=O) groups is 1. The van der Waals surface area contributed by atoms with E-state index in [0.29, 0.717) is 32.7 Å². The van der Waals surface area contributed by atoms with E-state index in [2.05, 4.69) is 16.5 Å². The molecule has 0 aliphatic carbocycles. The first-order valence-corrected chi connectivity index (χ1v) is 9.32. The molecular formula is C18H16N4OS2. The number of nitrogens with zero attached hydrogens (tertiary/aromatic N) is 2. The number of hydrogen-bond donors (Lipinski definition) is 2. The third kappa shape index (κ3) is 3.72. The first-order valence-electron chi connectivity index (χ1n) is 7.45. The predicted molar refractivity (Wildman–Crippen MR) is 105 cm³/mol. The number of pyridine rings is 1. The minimum absolute atomic E-state index is 0.325. The predicted octanol–water partition coefficient (Wildman–Crippen LogP) is 3.83. The lowest BCUT2D eigenvalue weighted by molar-refractivity contribution is 0.0997. The topological polar surface area (TPSA) is 94.9 Å². The summed E-state index contributed by atoms with van der Waals surface area (Å²) in [7, 11) is 0. The lowest BCUT2D eigenvalue weighted by Gasteiger charge is -2.09. The second kappa shape index (κ2) is 7.50. The molecule has 1 aromatic carbocycles. The maximum absolute atomic E-state index is 11.8. The fourth-order valence-electron chi connectivity index (χ4n) is 2.24. The Morgan fingerprint density at radius 2 is 2.04 bits per heavy atom. The van der Waals surface area contributed by atoms with Gasteiger partial charge in [-0.05, 0) is 6.07 Å². The van der Waals surface area contributed by atoms with Crippen molar-refractivity contribution < 1.29 is 4.79 Å². The van der Waals surface area contributed by atoms with Gasteiger partial charge in [0.05, 0.1) is 16.8 Å². The van der Waals surface area contributed by atoms with Crippen LogP contribution in [0.4, 0.5) is 5.82 Å². The summed E-state index contributed by atoms with van der Waals surface area (Å²) in [6.45, 7) is 3.67. The number of hydrogen-bond acceptors (Lipinski definition) is 6. The normalized spacial score (nSPS) is 10.6. The fraction of sp³-hybridized carbons (Fsp3) is 0.0556. The number of primary amides is 1. The molecule has 0 spiro atoms. The van der Waals surface area contributed by atoms with Gasteiger partial charge >= 0.3 is 0 Å². The van der Waals surface area contributed by atoms with Gasteiger partial charge in [-0.25, -0.2) is 9.97 Å². The summed E-state index contributed by atoms with van der Waals surface area (Å²) in [4.78, 5) is 20.8. The molecule has 5 nitrogen and oxygen atoms in total. The highest BCUT2D eigenvalue weighted by atomic mass is 32.2. The zero-order chi connectivity index (χ0) is 17.8. The molecular weight excluding hydrogens is 352 g/mol. The van der Waals surface area contributed by atoms with Crippen LogP contribution in [0.15, 0.2) is 59.5 Å². The molecule has 1 amide bonds. The number of carbonyl (C=O) groups excluding carboxylic acids is 1. The molecule has 0 atom stereocenters. The molecule has 2 aromatic heterocycles. The second-order valence-corrected chi connectivity index (χ2v) is 7.01. The first kappa shape index (κ1) is 17.2. The highest BCUT2D eigenvalue weighted by Crippen LogP contribution is 2.34. The number of nitrogen functional groups attached to an aromatic ring is 1. The van der Waals surface area contributed by atoms with E-state index in [0.717, 1.165) is 11.3 Å². The van der Waals surface area contributed by atoms with Gasteiger partial charge in [0.15, 0.2) is 0 Å². The quantitative estimate of drug-likeness (QED) is 0.509. The van der Waals surface area contributed by atoms with Crippen LogP contribution in [0.5, 0.6) is 0 Å². The van der Waals surface area contributed by atoms with Gasteiger partial charge in [-0.2, -0.15) is 0 Å². The van der Waals surface area contributed by atoms with Crippen LogP contribution < -0.4 is 11.5 Å². The molecule has 0 unspecified atom stereocenters. The van der Waals surface area contributed by atoms with Crippen LogP contribution in [0.1, 0.15) is 10.4 Å². The molecule has 2 heterocycles. The van der Waals surface area contributed by atoms with Crippen molar-refractivity contribution in [3.63, 3.8) is 0 Å². The van der Waals surface area contributed by atoms with Crippen molar-refractivity contribution in [1.29, 1.82) is 0 Å². The van der Waals surface area contributed by atoms with Gasteiger partial charge in [0.25, 0.3) is 5.91 Å². The molecule has 0 bridgehead atoms. The van der Waals surface area contributed by atoms with E-state index in [-0.39, 0.29) is 0 Å². The molecule has 4 N–H and O–H groups in total. The molecule has 3 aromatic rings. The van der Waals surface area contributed by atoms with Gasteiger partial charge in [0.2, 0.25) is 0 Å².